The molecule has 0 aliphatic rings. The molecule has 0 bridgehead atoms. The van der Waals surface area contributed by atoms with E-state index in [4.69, 9.17) is 0 Å². The largest absolute Gasteiger partial charge is 0.103 e. The van der Waals surface area contributed by atoms with Crippen molar-refractivity contribution in [1.82, 2.24) is 0 Å². The lowest BCUT2D eigenvalue weighted by Gasteiger charge is -2.02. The summed E-state index contributed by atoms with van der Waals surface area (Å²) in [5, 5.41) is 0. The van der Waals surface area contributed by atoms with Crippen LogP contribution in [0.5, 0.6) is 0 Å². The molecule has 0 aliphatic carbocycles. The molecule has 0 amide bonds. The molecule has 17 heavy (non-hydrogen) atoms. The van der Waals surface area contributed by atoms with Gasteiger partial charge in [-0.15, -0.1) is 6.58 Å². The van der Waals surface area contributed by atoms with E-state index in [0.717, 1.165) is 12.8 Å². The van der Waals surface area contributed by atoms with Crippen LogP contribution >= 0.6 is 0 Å². The molecule has 0 atom stereocenters. The number of hydrogen-bond donors (Lipinski definition) is 0. The van der Waals surface area contributed by atoms with Crippen molar-refractivity contribution in [2.45, 2.75) is 32.6 Å². The molecule has 1 aromatic carbocycles. The Morgan fingerprint density at radius 2 is 2.00 bits per heavy atom. The summed E-state index contributed by atoms with van der Waals surface area (Å²) in [4.78, 5) is 0. The second-order valence-electron chi connectivity index (χ2n) is 4.09. The third-order valence-electron chi connectivity index (χ3n) is 2.63. The average molecular weight is 226 g/mol. The van der Waals surface area contributed by atoms with Crippen LogP contribution < -0.4 is 0 Å². The van der Waals surface area contributed by atoms with Gasteiger partial charge in [0.15, 0.2) is 0 Å². The van der Waals surface area contributed by atoms with E-state index in [0.29, 0.717) is 0 Å². The van der Waals surface area contributed by atoms with Crippen molar-refractivity contribution in [3.8, 4) is 0 Å². The van der Waals surface area contributed by atoms with Crippen molar-refractivity contribution in [3.05, 3.63) is 66.8 Å². The summed E-state index contributed by atoms with van der Waals surface area (Å²) in [7, 11) is 0. The van der Waals surface area contributed by atoms with Gasteiger partial charge in [0.05, 0.1) is 0 Å². The molecule has 0 aromatic heterocycles. The van der Waals surface area contributed by atoms with Crippen LogP contribution in [-0.2, 0) is 0 Å². The molecule has 1 rings (SSSR count). The number of rotatable bonds is 7. The molecule has 0 unspecified atom stereocenters. The molecule has 0 fully saturated rings. The molecule has 0 saturated heterocycles. The van der Waals surface area contributed by atoms with E-state index in [1.165, 1.54) is 24.0 Å². The fraction of sp³-hybridized carbons (Fsp3) is 0.294. The zero-order chi connectivity index (χ0) is 12.3. The first-order valence-electron chi connectivity index (χ1n) is 6.41. The lowest BCUT2D eigenvalue weighted by Crippen LogP contribution is -1.80. The fourth-order valence-corrected chi connectivity index (χ4v) is 1.66. The highest BCUT2D eigenvalue weighted by atomic mass is 14.0. The normalized spacial score (nSPS) is 11.9. The Morgan fingerprint density at radius 1 is 1.24 bits per heavy atom. The molecule has 0 nitrogen and oxygen atoms in total. The highest BCUT2D eigenvalue weighted by molar-refractivity contribution is 5.73. The van der Waals surface area contributed by atoms with Crippen molar-refractivity contribution < 1.29 is 0 Å². The number of hydrogen-bond acceptors (Lipinski definition) is 0. The summed E-state index contributed by atoms with van der Waals surface area (Å²) in [6, 6.07) is 10.5. The molecule has 0 saturated carbocycles. The van der Waals surface area contributed by atoms with Crippen LogP contribution in [0.1, 0.15) is 38.2 Å². The number of unbranched alkanes of at least 4 members (excludes halogenated alkanes) is 2. The number of allylic oxidation sites excluding steroid dienone is 5. The predicted molar refractivity (Wildman–Crippen MR) is 77.9 cm³/mol. The zero-order valence-electron chi connectivity index (χ0n) is 10.7. The molecule has 0 heterocycles. The first-order valence-corrected chi connectivity index (χ1v) is 6.41. The minimum atomic E-state index is 0.919. The maximum atomic E-state index is 3.77. The van der Waals surface area contributed by atoms with Gasteiger partial charge < -0.3 is 0 Å². The Balaban J connectivity index is 2.74. The first kappa shape index (κ1) is 13.5. The molecule has 0 aliphatic heterocycles. The Kier molecular flexibility index (Phi) is 6.81. The molecule has 1 aromatic rings. The van der Waals surface area contributed by atoms with E-state index in [9.17, 15) is 0 Å². The van der Waals surface area contributed by atoms with E-state index in [1.807, 2.05) is 6.08 Å². The summed E-state index contributed by atoms with van der Waals surface area (Å²) in [6.45, 7) is 5.99. The average Bonchev–Trinajstić information content (AvgIpc) is 2.39. The van der Waals surface area contributed by atoms with Crippen LogP contribution in [0.4, 0.5) is 0 Å². The van der Waals surface area contributed by atoms with Crippen molar-refractivity contribution >= 4 is 5.57 Å². The second-order valence-corrected chi connectivity index (χ2v) is 4.09. The van der Waals surface area contributed by atoms with E-state index >= 15 is 0 Å². The van der Waals surface area contributed by atoms with Gasteiger partial charge in [-0.05, 0) is 24.0 Å². The third kappa shape index (κ3) is 5.35. The van der Waals surface area contributed by atoms with Crippen LogP contribution in [0.15, 0.2) is 61.2 Å². The molecule has 0 N–H and O–H groups in total. The number of benzene rings is 1. The Hall–Kier alpha value is -1.56. The first-order chi connectivity index (χ1) is 8.38. The van der Waals surface area contributed by atoms with Gasteiger partial charge in [-0.25, -0.2) is 0 Å². The van der Waals surface area contributed by atoms with Crippen LogP contribution in [0.25, 0.3) is 5.57 Å². The summed E-state index contributed by atoms with van der Waals surface area (Å²) in [5.74, 6) is 0. The van der Waals surface area contributed by atoms with E-state index in [1.54, 1.807) is 0 Å². The maximum Gasteiger partial charge on any atom is -0.0163 e. The highest BCUT2D eigenvalue weighted by Crippen LogP contribution is 2.17. The third-order valence-corrected chi connectivity index (χ3v) is 2.63. The summed E-state index contributed by atoms with van der Waals surface area (Å²) in [5.41, 5.74) is 2.57. The van der Waals surface area contributed by atoms with E-state index in [-0.39, 0.29) is 0 Å². The topological polar surface area (TPSA) is 0 Å². The van der Waals surface area contributed by atoms with Crippen LogP contribution in [0.3, 0.4) is 0 Å². The maximum absolute atomic E-state index is 3.77. The van der Waals surface area contributed by atoms with Crippen LogP contribution in [0, 0.1) is 0 Å². The lowest BCUT2D eigenvalue weighted by atomic mass is 10.0. The minimum absolute atomic E-state index is 0.919. The SMILES string of the molecule is C=CC/C=C(\C=C\CCCC)c1ccccc1. The van der Waals surface area contributed by atoms with Gasteiger partial charge >= 0.3 is 0 Å². The molecule has 0 spiro atoms. The van der Waals surface area contributed by atoms with E-state index < -0.39 is 0 Å². The van der Waals surface area contributed by atoms with E-state index in [2.05, 4.69) is 62.1 Å². The minimum Gasteiger partial charge on any atom is -0.103 e. The Labute approximate surface area is 105 Å². The standard InChI is InChI=1S/C17H22/c1-3-5-7-9-13-16(12-6-4-2)17-14-10-8-11-15-17/h4,8-15H,2-3,5-7H2,1H3/b13-9+,16-12+. The smallest absolute Gasteiger partial charge is 0.0163 e. The Bertz CT molecular complexity index is 368. The fourth-order valence-electron chi connectivity index (χ4n) is 1.66. The molecule has 0 radical (unpaired) electrons. The predicted octanol–water partition coefficient (Wildman–Crippen LogP) is 5.39. The monoisotopic (exact) mass is 226 g/mol. The van der Waals surface area contributed by atoms with Gasteiger partial charge in [-0.1, -0.05) is 74.4 Å². The van der Waals surface area contributed by atoms with Crippen molar-refractivity contribution in [3.63, 3.8) is 0 Å². The lowest BCUT2D eigenvalue weighted by molar-refractivity contribution is 0.815. The van der Waals surface area contributed by atoms with Crippen molar-refractivity contribution in [2.75, 3.05) is 0 Å². The van der Waals surface area contributed by atoms with Gasteiger partial charge in [-0.3, -0.25) is 0 Å². The summed E-state index contributed by atoms with van der Waals surface area (Å²) in [6.07, 6.45) is 13.3. The van der Waals surface area contributed by atoms with Gasteiger partial charge in [0.25, 0.3) is 0 Å². The highest BCUT2D eigenvalue weighted by Gasteiger charge is 1.95. The van der Waals surface area contributed by atoms with Crippen LogP contribution in [-0.4, -0.2) is 0 Å². The zero-order valence-corrected chi connectivity index (χ0v) is 10.7. The molecule has 0 heteroatoms. The van der Waals surface area contributed by atoms with Gasteiger partial charge in [0, 0.05) is 0 Å². The Morgan fingerprint density at radius 3 is 2.65 bits per heavy atom. The van der Waals surface area contributed by atoms with Gasteiger partial charge in [0.2, 0.25) is 0 Å². The summed E-state index contributed by atoms with van der Waals surface area (Å²) >= 11 is 0. The van der Waals surface area contributed by atoms with Gasteiger partial charge in [0.1, 0.15) is 0 Å². The molecular formula is C17H22. The van der Waals surface area contributed by atoms with Crippen molar-refractivity contribution in [1.29, 1.82) is 0 Å². The molecule has 90 valence electrons. The van der Waals surface area contributed by atoms with Crippen LogP contribution in [0.2, 0.25) is 0 Å². The van der Waals surface area contributed by atoms with Crippen molar-refractivity contribution in [2.24, 2.45) is 0 Å². The quantitative estimate of drug-likeness (QED) is 0.332. The molecular weight excluding hydrogens is 204 g/mol. The van der Waals surface area contributed by atoms with Gasteiger partial charge in [-0.2, -0.15) is 0 Å². The second kappa shape index (κ2) is 8.58. The summed E-state index contributed by atoms with van der Waals surface area (Å²) < 4.78 is 0.